The molecule has 2 atom stereocenters. The lowest BCUT2D eigenvalue weighted by molar-refractivity contribution is -0.140. The minimum absolute atomic E-state index is 0.0170. The number of carbonyl (C=O) groups is 2. The van der Waals surface area contributed by atoms with Gasteiger partial charge in [0, 0.05) is 17.6 Å². The fourth-order valence-corrected chi connectivity index (χ4v) is 5.81. The van der Waals surface area contributed by atoms with Crippen molar-refractivity contribution < 1.29 is 22.7 Å². The van der Waals surface area contributed by atoms with E-state index >= 15 is 0 Å². The Morgan fingerprint density at radius 3 is 2.10 bits per heavy atom. The van der Waals surface area contributed by atoms with Crippen LogP contribution in [0.2, 0.25) is 5.02 Å². The van der Waals surface area contributed by atoms with Gasteiger partial charge >= 0.3 is 0 Å². The summed E-state index contributed by atoms with van der Waals surface area (Å²) in [6.07, 6.45) is 1.08. The molecule has 0 aromatic heterocycles. The van der Waals surface area contributed by atoms with E-state index in [0.29, 0.717) is 29.5 Å². The number of anilines is 1. The monoisotopic (exact) mass is 599 g/mol. The van der Waals surface area contributed by atoms with Crippen molar-refractivity contribution >= 4 is 39.1 Å². The van der Waals surface area contributed by atoms with E-state index in [1.54, 1.807) is 66.7 Å². The van der Waals surface area contributed by atoms with E-state index in [2.05, 4.69) is 5.32 Å². The Balaban J connectivity index is 2.02. The molecule has 3 rings (SSSR count). The maximum atomic E-state index is 14.1. The molecule has 0 aliphatic heterocycles. The predicted molar refractivity (Wildman–Crippen MR) is 163 cm³/mol. The van der Waals surface area contributed by atoms with Gasteiger partial charge in [-0.3, -0.25) is 13.9 Å². The predicted octanol–water partition coefficient (Wildman–Crippen LogP) is 5.66. The molecule has 10 heteroatoms. The van der Waals surface area contributed by atoms with Crippen LogP contribution in [0, 0.1) is 0 Å². The molecule has 41 heavy (non-hydrogen) atoms. The first-order valence-corrected chi connectivity index (χ1v) is 15.6. The van der Waals surface area contributed by atoms with E-state index in [1.807, 2.05) is 27.7 Å². The van der Waals surface area contributed by atoms with Crippen molar-refractivity contribution in [2.75, 3.05) is 17.5 Å². The molecule has 0 aliphatic rings. The van der Waals surface area contributed by atoms with Crippen LogP contribution in [-0.2, 0) is 26.2 Å². The lowest BCUT2D eigenvalue weighted by Crippen LogP contribution is -2.53. The second kappa shape index (κ2) is 14.9. The van der Waals surface area contributed by atoms with E-state index in [4.69, 9.17) is 16.3 Å². The Morgan fingerprint density at radius 2 is 1.54 bits per heavy atom. The van der Waals surface area contributed by atoms with Crippen LogP contribution in [0.25, 0.3) is 0 Å². The van der Waals surface area contributed by atoms with Gasteiger partial charge in [-0.25, -0.2) is 8.42 Å². The van der Waals surface area contributed by atoms with Crippen LogP contribution in [0.5, 0.6) is 5.75 Å². The molecular weight excluding hydrogens is 562 g/mol. The average molecular weight is 600 g/mol. The van der Waals surface area contributed by atoms with Gasteiger partial charge in [-0.1, -0.05) is 55.8 Å². The minimum atomic E-state index is -4.16. The summed E-state index contributed by atoms with van der Waals surface area (Å²) in [6.45, 7) is 7.59. The maximum absolute atomic E-state index is 14.1. The van der Waals surface area contributed by atoms with Gasteiger partial charge in [-0.15, -0.1) is 0 Å². The quantitative estimate of drug-likeness (QED) is 0.258. The third-order valence-corrected chi connectivity index (χ3v) is 8.74. The van der Waals surface area contributed by atoms with Gasteiger partial charge in [0.15, 0.2) is 0 Å². The molecule has 0 spiro atoms. The summed E-state index contributed by atoms with van der Waals surface area (Å²) in [5.41, 5.74) is 1.09. The molecule has 2 amide bonds. The maximum Gasteiger partial charge on any atom is 0.264 e. The first-order valence-electron chi connectivity index (χ1n) is 13.8. The molecule has 0 unspecified atom stereocenters. The zero-order chi connectivity index (χ0) is 30.0. The number of hydrogen-bond donors (Lipinski definition) is 1. The Bertz CT molecular complexity index is 1380. The Morgan fingerprint density at radius 1 is 0.902 bits per heavy atom. The van der Waals surface area contributed by atoms with Crippen molar-refractivity contribution in [3.63, 3.8) is 0 Å². The number of halogens is 1. The number of nitrogens with zero attached hydrogens (tertiary/aromatic N) is 2. The van der Waals surface area contributed by atoms with Crippen LogP contribution in [0.4, 0.5) is 5.69 Å². The lowest BCUT2D eigenvalue weighted by atomic mass is 10.1. The highest BCUT2D eigenvalue weighted by Crippen LogP contribution is 2.26. The molecule has 0 saturated heterocycles. The van der Waals surface area contributed by atoms with Crippen LogP contribution in [0.3, 0.4) is 0 Å². The van der Waals surface area contributed by atoms with Gasteiger partial charge in [0.2, 0.25) is 11.8 Å². The molecule has 0 bridgehead atoms. The topological polar surface area (TPSA) is 96.0 Å². The molecule has 3 aromatic rings. The SMILES string of the molecule is CCOc1ccc(S(=O)(=O)N(CC(=O)N(Cc2ccc(Cl)cc2)[C@@H](CC)C(=O)N[C@@H](C)CC)c2ccccc2)cc1. The minimum Gasteiger partial charge on any atom is -0.494 e. The molecular formula is C31H38ClN3O5S. The van der Waals surface area contributed by atoms with E-state index in [1.165, 1.54) is 17.0 Å². The van der Waals surface area contributed by atoms with E-state index in [9.17, 15) is 18.0 Å². The van der Waals surface area contributed by atoms with Crippen molar-refractivity contribution in [2.24, 2.45) is 0 Å². The second-order valence-corrected chi connectivity index (χ2v) is 11.9. The number of sulfonamides is 1. The zero-order valence-electron chi connectivity index (χ0n) is 23.9. The van der Waals surface area contributed by atoms with Crippen molar-refractivity contribution in [3.8, 4) is 5.75 Å². The fourth-order valence-electron chi connectivity index (χ4n) is 4.27. The van der Waals surface area contributed by atoms with Gasteiger partial charge in [-0.2, -0.15) is 0 Å². The number of para-hydroxylation sites is 1. The van der Waals surface area contributed by atoms with Gasteiger partial charge in [-0.05, 0) is 80.8 Å². The Labute approximate surface area is 248 Å². The molecule has 0 radical (unpaired) electrons. The number of hydrogen-bond acceptors (Lipinski definition) is 5. The summed E-state index contributed by atoms with van der Waals surface area (Å²) in [7, 11) is -4.16. The highest BCUT2D eigenvalue weighted by molar-refractivity contribution is 7.92. The highest BCUT2D eigenvalue weighted by atomic mass is 35.5. The van der Waals surface area contributed by atoms with Gasteiger partial charge in [0.05, 0.1) is 17.2 Å². The Kier molecular flexibility index (Phi) is 11.6. The first kappa shape index (κ1) is 32.0. The summed E-state index contributed by atoms with van der Waals surface area (Å²) in [4.78, 5) is 28.9. The van der Waals surface area contributed by atoms with Crippen LogP contribution >= 0.6 is 11.6 Å². The van der Waals surface area contributed by atoms with Crippen LogP contribution in [0.1, 0.15) is 46.1 Å². The summed E-state index contributed by atoms with van der Waals surface area (Å²) >= 11 is 6.07. The van der Waals surface area contributed by atoms with Gasteiger partial charge < -0.3 is 15.0 Å². The van der Waals surface area contributed by atoms with Crippen molar-refractivity contribution in [2.45, 2.75) is 64.1 Å². The number of carbonyl (C=O) groups excluding carboxylic acids is 2. The normalized spacial score (nSPS) is 12.7. The van der Waals surface area contributed by atoms with Crippen molar-refractivity contribution in [3.05, 3.63) is 89.4 Å². The molecule has 0 fully saturated rings. The van der Waals surface area contributed by atoms with E-state index < -0.39 is 28.5 Å². The standard InChI is InChI=1S/C31H38ClN3O5S/c1-5-23(4)33-31(37)29(6-2)34(21-24-13-15-25(32)16-14-24)30(36)22-35(26-11-9-8-10-12-26)41(38,39)28-19-17-27(18-20-28)40-7-3/h8-20,23,29H,5-7,21-22H2,1-4H3,(H,33,37)/t23-,29-/m0/s1. The molecule has 8 nitrogen and oxygen atoms in total. The largest absolute Gasteiger partial charge is 0.494 e. The molecule has 3 aromatic carbocycles. The highest BCUT2D eigenvalue weighted by Gasteiger charge is 2.34. The van der Waals surface area contributed by atoms with Crippen molar-refractivity contribution in [1.29, 1.82) is 0 Å². The molecule has 1 N–H and O–H groups in total. The molecule has 220 valence electrons. The summed E-state index contributed by atoms with van der Waals surface area (Å²) in [5, 5.41) is 3.52. The van der Waals surface area contributed by atoms with Crippen LogP contribution in [-0.4, -0.2) is 50.4 Å². The van der Waals surface area contributed by atoms with E-state index in [0.717, 1.165) is 16.3 Å². The number of amides is 2. The van der Waals surface area contributed by atoms with Crippen molar-refractivity contribution in [1.82, 2.24) is 10.2 Å². The number of benzene rings is 3. The third kappa shape index (κ3) is 8.47. The molecule has 0 heterocycles. The lowest BCUT2D eigenvalue weighted by Gasteiger charge is -2.33. The second-order valence-electron chi connectivity index (χ2n) is 9.64. The summed E-state index contributed by atoms with van der Waals surface area (Å²) in [5.74, 6) is -0.254. The van der Waals surface area contributed by atoms with Crippen LogP contribution < -0.4 is 14.4 Å². The van der Waals surface area contributed by atoms with Gasteiger partial charge in [0.1, 0.15) is 18.3 Å². The number of rotatable bonds is 14. The van der Waals surface area contributed by atoms with Gasteiger partial charge in [0.25, 0.3) is 10.0 Å². The molecule has 0 saturated carbocycles. The fraction of sp³-hybridized carbons (Fsp3) is 0.355. The Hall–Kier alpha value is -3.56. The number of ether oxygens (including phenoxy) is 1. The third-order valence-electron chi connectivity index (χ3n) is 6.70. The summed E-state index contributed by atoms with van der Waals surface area (Å²) in [6, 6.07) is 20.7. The smallest absolute Gasteiger partial charge is 0.264 e. The summed E-state index contributed by atoms with van der Waals surface area (Å²) < 4.78 is 34.4. The van der Waals surface area contributed by atoms with E-state index in [-0.39, 0.29) is 23.4 Å². The van der Waals surface area contributed by atoms with Crippen LogP contribution in [0.15, 0.2) is 83.8 Å². The first-order chi connectivity index (χ1) is 19.6. The zero-order valence-corrected chi connectivity index (χ0v) is 25.5. The number of nitrogens with one attached hydrogen (secondary N) is 1. The molecule has 0 aliphatic carbocycles. The average Bonchev–Trinajstić information content (AvgIpc) is 2.97.